The van der Waals surface area contributed by atoms with Gasteiger partial charge in [-0.3, -0.25) is 0 Å². The summed E-state index contributed by atoms with van der Waals surface area (Å²) in [5.74, 6) is 0. The first-order chi connectivity index (χ1) is 8.36. The van der Waals surface area contributed by atoms with E-state index in [0.29, 0.717) is 11.7 Å². The first kappa shape index (κ1) is 11.7. The summed E-state index contributed by atoms with van der Waals surface area (Å²) < 4.78 is 6.36. The molecule has 2 saturated heterocycles. The van der Waals surface area contributed by atoms with E-state index in [-0.39, 0.29) is 0 Å². The Morgan fingerprint density at radius 3 is 2.82 bits per heavy atom. The Morgan fingerprint density at radius 1 is 1.06 bits per heavy atom. The van der Waals surface area contributed by atoms with Crippen molar-refractivity contribution in [1.29, 1.82) is 0 Å². The molecule has 2 aliphatic heterocycles. The third-order valence-corrected chi connectivity index (χ3v) is 4.70. The number of ether oxygens (including phenoxy) is 1. The Balaban J connectivity index is 1.60. The van der Waals surface area contributed by atoms with Crippen LogP contribution in [0.4, 0.5) is 0 Å². The van der Waals surface area contributed by atoms with Gasteiger partial charge in [-0.2, -0.15) is 0 Å². The second kappa shape index (κ2) is 5.11. The highest BCUT2D eigenvalue weighted by Crippen LogP contribution is 2.43. The van der Waals surface area contributed by atoms with Crippen molar-refractivity contribution in [3.63, 3.8) is 0 Å². The second-order valence-corrected chi connectivity index (χ2v) is 6.01. The maximum absolute atomic E-state index is 6.36. The number of hydrogen-bond acceptors (Lipinski definition) is 2. The minimum atomic E-state index is 0.296. The summed E-state index contributed by atoms with van der Waals surface area (Å²) in [7, 11) is 0. The molecule has 17 heavy (non-hydrogen) atoms. The SMILES string of the molecule is C(=C1\CCCNCC1)/C1CCC2(CCCC2)O1. The normalized spacial score (nSPS) is 35.5. The average molecular weight is 235 g/mol. The van der Waals surface area contributed by atoms with E-state index >= 15 is 0 Å². The van der Waals surface area contributed by atoms with Crippen molar-refractivity contribution in [1.82, 2.24) is 5.32 Å². The monoisotopic (exact) mass is 235 g/mol. The zero-order chi connectivity index (χ0) is 11.6. The molecule has 1 atom stereocenters. The van der Waals surface area contributed by atoms with Crippen LogP contribution in [0.25, 0.3) is 0 Å². The molecular formula is C15H25NO. The van der Waals surface area contributed by atoms with Gasteiger partial charge in [0, 0.05) is 0 Å². The van der Waals surface area contributed by atoms with Gasteiger partial charge in [-0.1, -0.05) is 24.5 Å². The van der Waals surface area contributed by atoms with Crippen LogP contribution in [0, 0.1) is 0 Å². The molecule has 2 heteroatoms. The van der Waals surface area contributed by atoms with Crippen molar-refractivity contribution in [2.45, 2.75) is 69.5 Å². The Kier molecular flexibility index (Phi) is 3.53. The predicted octanol–water partition coefficient (Wildman–Crippen LogP) is 3.18. The molecule has 1 spiro atoms. The van der Waals surface area contributed by atoms with Crippen molar-refractivity contribution < 1.29 is 4.74 Å². The zero-order valence-electron chi connectivity index (χ0n) is 10.8. The standard InChI is InChI=1S/C15H25NO/c1-2-8-15(7-1)9-5-14(17-15)12-13-4-3-10-16-11-6-13/h12,14,16H,1-11H2/b13-12-. The van der Waals surface area contributed by atoms with Gasteiger partial charge in [-0.05, 0) is 58.0 Å². The van der Waals surface area contributed by atoms with Crippen LogP contribution in [0.3, 0.4) is 0 Å². The molecule has 0 bridgehead atoms. The molecule has 3 aliphatic rings. The molecule has 0 amide bonds. The van der Waals surface area contributed by atoms with Gasteiger partial charge < -0.3 is 10.1 Å². The largest absolute Gasteiger partial charge is 0.368 e. The molecule has 1 saturated carbocycles. The van der Waals surface area contributed by atoms with Crippen LogP contribution >= 0.6 is 0 Å². The summed E-state index contributed by atoms with van der Waals surface area (Å²) in [6, 6.07) is 0. The molecule has 2 heterocycles. The molecule has 0 aromatic carbocycles. The molecule has 0 aromatic rings. The molecule has 0 aromatic heterocycles. The van der Waals surface area contributed by atoms with Crippen molar-refractivity contribution in [3.8, 4) is 0 Å². The minimum Gasteiger partial charge on any atom is -0.368 e. The lowest BCUT2D eigenvalue weighted by molar-refractivity contribution is -0.0182. The van der Waals surface area contributed by atoms with Gasteiger partial charge in [0.05, 0.1) is 11.7 Å². The maximum Gasteiger partial charge on any atom is 0.0767 e. The second-order valence-electron chi connectivity index (χ2n) is 6.01. The maximum atomic E-state index is 6.36. The Hall–Kier alpha value is -0.340. The van der Waals surface area contributed by atoms with Gasteiger partial charge in [0.1, 0.15) is 0 Å². The molecule has 0 radical (unpaired) electrons. The van der Waals surface area contributed by atoms with Gasteiger partial charge in [0.2, 0.25) is 0 Å². The lowest BCUT2D eigenvalue weighted by Crippen LogP contribution is -2.24. The first-order valence-corrected chi connectivity index (χ1v) is 7.44. The molecule has 1 N–H and O–H groups in total. The minimum absolute atomic E-state index is 0.296. The van der Waals surface area contributed by atoms with E-state index in [1.165, 1.54) is 64.3 Å². The fraction of sp³-hybridized carbons (Fsp3) is 0.867. The van der Waals surface area contributed by atoms with E-state index < -0.39 is 0 Å². The van der Waals surface area contributed by atoms with E-state index in [9.17, 15) is 0 Å². The van der Waals surface area contributed by atoms with Crippen LogP contribution < -0.4 is 5.32 Å². The highest BCUT2D eigenvalue weighted by atomic mass is 16.5. The smallest absolute Gasteiger partial charge is 0.0767 e. The topological polar surface area (TPSA) is 21.3 Å². The molecule has 3 rings (SSSR count). The average Bonchev–Trinajstić information content (AvgIpc) is 2.86. The molecule has 1 aliphatic carbocycles. The molecular weight excluding hydrogens is 210 g/mol. The molecule has 1 unspecified atom stereocenters. The third-order valence-electron chi connectivity index (χ3n) is 4.70. The number of nitrogens with one attached hydrogen (secondary N) is 1. The van der Waals surface area contributed by atoms with Crippen molar-refractivity contribution in [2.75, 3.05) is 13.1 Å². The van der Waals surface area contributed by atoms with Crippen molar-refractivity contribution in [2.24, 2.45) is 0 Å². The summed E-state index contributed by atoms with van der Waals surface area (Å²) in [5, 5.41) is 3.47. The summed E-state index contributed by atoms with van der Waals surface area (Å²) >= 11 is 0. The third kappa shape index (κ3) is 2.74. The molecule has 2 nitrogen and oxygen atoms in total. The quantitative estimate of drug-likeness (QED) is 0.705. The van der Waals surface area contributed by atoms with Crippen LogP contribution in [-0.4, -0.2) is 24.8 Å². The predicted molar refractivity (Wildman–Crippen MR) is 70.1 cm³/mol. The van der Waals surface area contributed by atoms with Crippen LogP contribution in [0.1, 0.15) is 57.8 Å². The van der Waals surface area contributed by atoms with E-state index in [1.807, 2.05) is 0 Å². The van der Waals surface area contributed by atoms with Crippen LogP contribution in [0.2, 0.25) is 0 Å². The summed E-state index contributed by atoms with van der Waals surface area (Å²) in [4.78, 5) is 0. The Labute approximate surface area is 105 Å². The van der Waals surface area contributed by atoms with Gasteiger partial charge in [-0.15, -0.1) is 0 Å². The number of rotatable bonds is 1. The van der Waals surface area contributed by atoms with Gasteiger partial charge in [0.15, 0.2) is 0 Å². The van der Waals surface area contributed by atoms with E-state index in [0.717, 1.165) is 6.54 Å². The zero-order valence-corrected chi connectivity index (χ0v) is 10.8. The molecule has 3 fully saturated rings. The van der Waals surface area contributed by atoms with E-state index in [2.05, 4.69) is 11.4 Å². The van der Waals surface area contributed by atoms with Crippen LogP contribution in [0.5, 0.6) is 0 Å². The van der Waals surface area contributed by atoms with Crippen LogP contribution in [-0.2, 0) is 4.74 Å². The highest BCUT2D eigenvalue weighted by molar-refractivity contribution is 5.10. The fourth-order valence-corrected chi connectivity index (χ4v) is 3.72. The van der Waals surface area contributed by atoms with Crippen molar-refractivity contribution in [3.05, 3.63) is 11.6 Å². The summed E-state index contributed by atoms with van der Waals surface area (Å²) in [5.41, 5.74) is 1.93. The summed E-state index contributed by atoms with van der Waals surface area (Å²) in [6.07, 6.45) is 14.6. The molecule has 96 valence electrons. The van der Waals surface area contributed by atoms with Gasteiger partial charge in [0.25, 0.3) is 0 Å². The Morgan fingerprint density at radius 2 is 1.94 bits per heavy atom. The van der Waals surface area contributed by atoms with Crippen LogP contribution in [0.15, 0.2) is 11.6 Å². The first-order valence-electron chi connectivity index (χ1n) is 7.44. The van der Waals surface area contributed by atoms with Crippen molar-refractivity contribution >= 4 is 0 Å². The summed E-state index contributed by atoms with van der Waals surface area (Å²) in [6.45, 7) is 2.34. The van der Waals surface area contributed by atoms with E-state index in [4.69, 9.17) is 4.74 Å². The number of hydrogen-bond donors (Lipinski definition) is 1. The highest BCUT2D eigenvalue weighted by Gasteiger charge is 2.41. The van der Waals surface area contributed by atoms with Gasteiger partial charge in [-0.25, -0.2) is 0 Å². The fourth-order valence-electron chi connectivity index (χ4n) is 3.72. The lowest BCUT2D eigenvalue weighted by atomic mass is 9.98. The Bertz CT molecular complexity index is 281. The van der Waals surface area contributed by atoms with Gasteiger partial charge >= 0.3 is 0 Å². The lowest BCUT2D eigenvalue weighted by Gasteiger charge is -2.23. The van der Waals surface area contributed by atoms with E-state index in [1.54, 1.807) is 5.57 Å².